The van der Waals surface area contributed by atoms with Crippen molar-refractivity contribution in [2.24, 2.45) is 0 Å². The number of carbonyl (C=O) groups is 2. The Morgan fingerprint density at radius 3 is 2.65 bits per heavy atom. The summed E-state index contributed by atoms with van der Waals surface area (Å²) in [6, 6.07) is 0. The van der Waals surface area contributed by atoms with E-state index >= 15 is 0 Å². The Kier molecular flexibility index (Phi) is 4.02. The summed E-state index contributed by atoms with van der Waals surface area (Å²) in [5.41, 5.74) is 0.155. The third-order valence-corrected chi connectivity index (χ3v) is 5.08. The molecule has 0 saturated carbocycles. The van der Waals surface area contributed by atoms with E-state index in [1.54, 1.807) is 30.7 Å². The molecule has 2 rings (SSSR count). The molecule has 7 heteroatoms. The molecule has 0 unspecified atom stereocenters. The number of aromatic nitrogens is 1. The SMILES string of the molecule is Cc1[nH]c(=S)sc1CC(=O)N1CCN(C)C(=O)C1(C)C. The first-order valence-corrected chi connectivity index (χ1v) is 7.70. The number of carbonyl (C=O) groups excluding carboxylic acids is 2. The van der Waals surface area contributed by atoms with Gasteiger partial charge in [-0.15, -0.1) is 11.3 Å². The predicted octanol–water partition coefficient (Wildman–Crippen LogP) is 1.74. The van der Waals surface area contributed by atoms with E-state index in [1.807, 2.05) is 6.92 Å². The van der Waals surface area contributed by atoms with Gasteiger partial charge in [0.1, 0.15) is 5.54 Å². The van der Waals surface area contributed by atoms with Gasteiger partial charge in [0, 0.05) is 30.7 Å². The number of aryl methyl sites for hydroxylation is 1. The van der Waals surface area contributed by atoms with Crippen LogP contribution in [0.15, 0.2) is 0 Å². The normalized spacial score (nSPS) is 18.5. The summed E-state index contributed by atoms with van der Waals surface area (Å²) in [7, 11) is 1.77. The standard InChI is InChI=1S/C13H19N3O2S2/c1-8-9(20-12(19)14-8)7-10(17)16-6-5-15(4)11(18)13(16,2)3/h5-7H2,1-4H3,(H,14,19). The van der Waals surface area contributed by atoms with Crippen LogP contribution in [0.3, 0.4) is 0 Å². The fourth-order valence-corrected chi connectivity index (χ4v) is 3.77. The molecule has 1 saturated heterocycles. The van der Waals surface area contributed by atoms with Crippen molar-refractivity contribution in [1.82, 2.24) is 14.8 Å². The minimum Gasteiger partial charge on any atom is -0.342 e. The molecule has 2 amide bonds. The molecule has 0 bridgehead atoms. The molecule has 0 aliphatic carbocycles. The van der Waals surface area contributed by atoms with Gasteiger partial charge >= 0.3 is 0 Å². The summed E-state index contributed by atoms with van der Waals surface area (Å²) in [4.78, 5) is 32.0. The van der Waals surface area contributed by atoms with Crippen LogP contribution in [0.1, 0.15) is 24.4 Å². The quantitative estimate of drug-likeness (QED) is 0.846. The van der Waals surface area contributed by atoms with E-state index in [9.17, 15) is 9.59 Å². The smallest absolute Gasteiger partial charge is 0.247 e. The van der Waals surface area contributed by atoms with Crippen molar-refractivity contribution in [2.75, 3.05) is 20.1 Å². The van der Waals surface area contributed by atoms with Crippen LogP contribution in [0, 0.1) is 10.9 Å². The highest BCUT2D eigenvalue weighted by Gasteiger charge is 2.42. The van der Waals surface area contributed by atoms with Gasteiger partial charge in [0.25, 0.3) is 0 Å². The van der Waals surface area contributed by atoms with E-state index in [1.165, 1.54) is 11.3 Å². The fraction of sp³-hybridized carbons (Fsp3) is 0.615. The Morgan fingerprint density at radius 1 is 1.45 bits per heavy atom. The number of nitrogens with one attached hydrogen (secondary N) is 1. The summed E-state index contributed by atoms with van der Waals surface area (Å²) < 4.78 is 0.680. The zero-order valence-corrected chi connectivity index (χ0v) is 13.8. The van der Waals surface area contributed by atoms with Gasteiger partial charge in [-0.2, -0.15) is 0 Å². The summed E-state index contributed by atoms with van der Waals surface area (Å²) in [6.45, 7) is 6.66. The number of rotatable bonds is 2. The van der Waals surface area contributed by atoms with E-state index in [-0.39, 0.29) is 11.8 Å². The Hall–Kier alpha value is -1.21. The van der Waals surface area contributed by atoms with Crippen molar-refractivity contribution in [3.8, 4) is 0 Å². The van der Waals surface area contributed by atoms with Crippen molar-refractivity contribution >= 4 is 35.4 Å². The van der Waals surface area contributed by atoms with Crippen LogP contribution in [0.2, 0.25) is 0 Å². The second-order valence-electron chi connectivity index (χ2n) is 5.57. The largest absolute Gasteiger partial charge is 0.342 e. The van der Waals surface area contributed by atoms with Crippen molar-refractivity contribution in [3.63, 3.8) is 0 Å². The van der Waals surface area contributed by atoms with Crippen molar-refractivity contribution in [2.45, 2.75) is 32.7 Å². The number of piperazine rings is 1. The number of likely N-dealkylation sites (N-methyl/N-ethyl adjacent to an activating group) is 1. The molecule has 1 aliphatic rings. The first kappa shape index (κ1) is 15.2. The lowest BCUT2D eigenvalue weighted by molar-refractivity contribution is -0.156. The Bertz CT molecular complexity index is 603. The summed E-state index contributed by atoms with van der Waals surface area (Å²) in [5, 5.41) is 0. The van der Waals surface area contributed by atoms with Gasteiger partial charge in [-0.1, -0.05) is 0 Å². The fourth-order valence-electron chi connectivity index (χ4n) is 2.49. The number of nitrogens with zero attached hydrogens (tertiary/aromatic N) is 2. The highest BCUT2D eigenvalue weighted by molar-refractivity contribution is 7.73. The lowest BCUT2D eigenvalue weighted by atomic mass is 9.97. The van der Waals surface area contributed by atoms with Crippen molar-refractivity contribution in [3.05, 3.63) is 14.5 Å². The highest BCUT2D eigenvalue weighted by atomic mass is 32.1. The van der Waals surface area contributed by atoms with Gasteiger partial charge in [0.2, 0.25) is 11.8 Å². The first-order chi connectivity index (χ1) is 9.23. The van der Waals surface area contributed by atoms with Gasteiger partial charge in [-0.25, -0.2) is 0 Å². The van der Waals surface area contributed by atoms with Gasteiger partial charge in [0.15, 0.2) is 3.95 Å². The van der Waals surface area contributed by atoms with Crippen molar-refractivity contribution < 1.29 is 9.59 Å². The lowest BCUT2D eigenvalue weighted by Crippen LogP contribution is -2.63. The number of thiazole rings is 1. The summed E-state index contributed by atoms with van der Waals surface area (Å²) in [5.74, 6) is -0.0414. The van der Waals surface area contributed by atoms with Crippen LogP contribution in [0.25, 0.3) is 0 Å². The lowest BCUT2D eigenvalue weighted by Gasteiger charge is -2.44. The van der Waals surface area contributed by atoms with Gasteiger partial charge in [-0.05, 0) is 33.0 Å². The minimum atomic E-state index is -0.782. The van der Waals surface area contributed by atoms with Crippen LogP contribution < -0.4 is 0 Å². The third kappa shape index (κ3) is 2.64. The average molecular weight is 313 g/mol. The first-order valence-electron chi connectivity index (χ1n) is 6.48. The summed E-state index contributed by atoms with van der Waals surface area (Å²) >= 11 is 6.51. The molecule has 0 spiro atoms. The van der Waals surface area contributed by atoms with Crippen LogP contribution in [-0.4, -0.2) is 52.3 Å². The summed E-state index contributed by atoms with van der Waals surface area (Å²) in [6.07, 6.45) is 0.296. The van der Waals surface area contributed by atoms with Crippen LogP contribution in [0.5, 0.6) is 0 Å². The molecule has 1 aromatic rings. The molecule has 0 aromatic carbocycles. The van der Waals surface area contributed by atoms with E-state index in [0.717, 1.165) is 10.6 Å². The maximum atomic E-state index is 12.5. The average Bonchev–Trinajstić information content (AvgIpc) is 2.64. The van der Waals surface area contributed by atoms with Crippen molar-refractivity contribution in [1.29, 1.82) is 0 Å². The van der Waals surface area contributed by atoms with E-state index < -0.39 is 5.54 Å². The van der Waals surface area contributed by atoms with Crippen LogP contribution in [0.4, 0.5) is 0 Å². The number of hydrogen-bond donors (Lipinski definition) is 1. The van der Waals surface area contributed by atoms with Gasteiger partial charge < -0.3 is 14.8 Å². The molecule has 20 heavy (non-hydrogen) atoms. The molecule has 1 aromatic heterocycles. The molecule has 1 fully saturated rings. The van der Waals surface area contributed by atoms with E-state index in [2.05, 4.69) is 4.98 Å². The number of hydrogen-bond acceptors (Lipinski definition) is 4. The maximum absolute atomic E-state index is 12.5. The molecule has 5 nitrogen and oxygen atoms in total. The molecular formula is C13H19N3O2S2. The highest BCUT2D eigenvalue weighted by Crippen LogP contribution is 2.24. The van der Waals surface area contributed by atoms with Crippen LogP contribution >= 0.6 is 23.6 Å². The molecule has 0 radical (unpaired) electrons. The zero-order valence-electron chi connectivity index (χ0n) is 12.1. The maximum Gasteiger partial charge on any atom is 0.247 e. The van der Waals surface area contributed by atoms with Gasteiger partial charge in [0.05, 0.1) is 6.42 Å². The topological polar surface area (TPSA) is 56.4 Å². The molecule has 1 aliphatic heterocycles. The minimum absolute atomic E-state index is 0.0180. The molecular weight excluding hydrogens is 294 g/mol. The van der Waals surface area contributed by atoms with Crippen LogP contribution in [-0.2, 0) is 16.0 Å². The Balaban J connectivity index is 2.19. The van der Waals surface area contributed by atoms with Gasteiger partial charge in [-0.3, -0.25) is 9.59 Å². The Morgan fingerprint density at radius 2 is 2.10 bits per heavy atom. The third-order valence-electron chi connectivity index (χ3n) is 3.74. The number of H-pyrrole nitrogens is 1. The van der Waals surface area contributed by atoms with E-state index in [4.69, 9.17) is 12.2 Å². The predicted molar refractivity (Wildman–Crippen MR) is 81.4 cm³/mol. The number of amides is 2. The molecule has 2 heterocycles. The monoisotopic (exact) mass is 313 g/mol. The zero-order chi connectivity index (χ0) is 15.1. The second-order valence-corrected chi connectivity index (χ2v) is 7.34. The number of aromatic amines is 1. The molecule has 0 atom stereocenters. The van der Waals surface area contributed by atoms with E-state index in [0.29, 0.717) is 23.5 Å². The second kappa shape index (κ2) is 5.29. The molecule has 110 valence electrons. The Labute approximate surface area is 127 Å². The molecule has 1 N–H and O–H groups in total.